The number of nitrogen functional groups attached to an aromatic ring is 2. The van der Waals surface area contributed by atoms with Crippen molar-refractivity contribution in [3.05, 3.63) is 59.7 Å². The Bertz CT molecular complexity index is 628. The van der Waals surface area contributed by atoms with Gasteiger partial charge in [-0.05, 0) is 35.4 Å². The van der Waals surface area contributed by atoms with Crippen LogP contribution in [0.15, 0.2) is 48.5 Å². The standard InChI is InChI=1S/C14H14N2.H4O5P2/c15-13-7-3-11(4-8-13)1-2-12-5-9-14(16)10-6-12;1-6(2)5-7(3)4/h1-10H,15-16H2;6-7H,(H,1,2)(H,3,4). The minimum atomic E-state index is -3.20. The van der Waals surface area contributed by atoms with Crippen molar-refractivity contribution in [1.82, 2.24) is 0 Å². The van der Waals surface area contributed by atoms with E-state index in [1.54, 1.807) is 0 Å². The first-order chi connectivity index (χ1) is 10.9. The predicted octanol–water partition coefficient (Wildman–Crippen LogP) is 2.79. The van der Waals surface area contributed by atoms with Crippen LogP contribution in [0.2, 0.25) is 0 Å². The molecule has 9 heteroatoms. The van der Waals surface area contributed by atoms with Gasteiger partial charge in [0.1, 0.15) is 0 Å². The molecule has 124 valence electrons. The Labute approximate surface area is 135 Å². The maximum absolute atomic E-state index is 9.44. The summed E-state index contributed by atoms with van der Waals surface area (Å²) in [7, 11) is -6.40. The van der Waals surface area contributed by atoms with Crippen LogP contribution in [0.3, 0.4) is 0 Å². The molecule has 7 nitrogen and oxygen atoms in total. The summed E-state index contributed by atoms with van der Waals surface area (Å²) in [5.41, 5.74) is 15.1. The van der Waals surface area contributed by atoms with Crippen LogP contribution < -0.4 is 11.5 Å². The van der Waals surface area contributed by atoms with E-state index in [0.717, 1.165) is 22.5 Å². The van der Waals surface area contributed by atoms with Gasteiger partial charge in [0.05, 0.1) is 0 Å². The van der Waals surface area contributed by atoms with Gasteiger partial charge in [0.15, 0.2) is 0 Å². The fourth-order valence-electron chi connectivity index (χ4n) is 1.48. The molecule has 0 fully saturated rings. The Balaban J connectivity index is 0.000000322. The summed E-state index contributed by atoms with van der Waals surface area (Å²) in [5.74, 6) is 0. The zero-order valence-corrected chi connectivity index (χ0v) is 14.0. The van der Waals surface area contributed by atoms with Crippen LogP contribution in [0.4, 0.5) is 11.4 Å². The van der Waals surface area contributed by atoms with Crippen molar-refractivity contribution < 1.29 is 23.2 Å². The van der Waals surface area contributed by atoms with E-state index in [9.17, 15) is 9.13 Å². The van der Waals surface area contributed by atoms with Crippen LogP contribution in [0, 0.1) is 0 Å². The Morgan fingerprint density at radius 2 is 1.04 bits per heavy atom. The van der Waals surface area contributed by atoms with Crippen molar-refractivity contribution in [2.45, 2.75) is 0 Å². The van der Waals surface area contributed by atoms with Crippen molar-refractivity contribution in [1.29, 1.82) is 0 Å². The molecule has 0 amide bonds. The number of nitrogens with two attached hydrogens (primary N) is 2. The quantitative estimate of drug-likeness (QED) is 0.376. The summed E-state index contributed by atoms with van der Waals surface area (Å²) in [6, 6.07) is 15.5. The fraction of sp³-hybridized carbons (Fsp3) is 0. The number of hydrogen-bond acceptors (Lipinski definition) is 5. The van der Waals surface area contributed by atoms with Crippen LogP contribution >= 0.6 is 16.5 Å². The second-order valence-corrected chi connectivity index (χ2v) is 6.18. The SMILES string of the molecule is Nc1ccc(C=Cc2ccc(N)cc2)cc1.O=[PH](O)O[PH](=O)O. The van der Waals surface area contributed by atoms with E-state index in [2.05, 4.69) is 4.31 Å². The molecule has 0 aliphatic carbocycles. The molecule has 0 aromatic heterocycles. The van der Waals surface area contributed by atoms with Crippen molar-refractivity contribution >= 4 is 40.0 Å². The molecule has 23 heavy (non-hydrogen) atoms. The second-order valence-electron chi connectivity index (χ2n) is 4.30. The van der Waals surface area contributed by atoms with Gasteiger partial charge in [-0.2, -0.15) is 0 Å². The van der Waals surface area contributed by atoms with E-state index >= 15 is 0 Å². The van der Waals surface area contributed by atoms with E-state index in [1.165, 1.54) is 0 Å². The summed E-state index contributed by atoms with van der Waals surface area (Å²) in [5, 5.41) is 0. The molecular weight excluding hydrogens is 338 g/mol. The molecule has 0 spiro atoms. The van der Waals surface area contributed by atoms with Gasteiger partial charge in [0, 0.05) is 11.4 Å². The second kappa shape index (κ2) is 10.0. The molecule has 0 saturated carbocycles. The number of rotatable bonds is 4. The van der Waals surface area contributed by atoms with Crippen LogP contribution in [-0.4, -0.2) is 9.79 Å². The van der Waals surface area contributed by atoms with Crippen LogP contribution in [-0.2, 0) is 13.4 Å². The average Bonchev–Trinajstić information content (AvgIpc) is 2.47. The lowest BCUT2D eigenvalue weighted by atomic mass is 10.1. The van der Waals surface area contributed by atoms with Gasteiger partial charge in [-0.1, -0.05) is 36.4 Å². The molecule has 0 heterocycles. The molecule has 0 bridgehead atoms. The summed E-state index contributed by atoms with van der Waals surface area (Å²) < 4.78 is 22.3. The first-order valence-corrected chi connectivity index (χ1v) is 8.92. The van der Waals surface area contributed by atoms with Gasteiger partial charge in [0.25, 0.3) is 0 Å². The number of hydrogen-bond donors (Lipinski definition) is 4. The zero-order valence-electron chi connectivity index (χ0n) is 12.0. The lowest BCUT2D eigenvalue weighted by molar-refractivity contribution is 0.371. The monoisotopic (exact) mass is 356 g/mol. The minimum absolute atomic E-state index is 0.782. The van der Waals surface area contributed by atoms with E-state index in [-0.39, 0.29) is 0 Å². The molecule has 2 aromatic carbocycles. The third kappa shape index (κ3) is 8.98. The fourth-order valence-corrected chi connectivity index (χ4v) is 2.08. The summed E-state index contributed by atoms with van der Waals surface area (Å²) >= 11 is 0. The van der Waals surface area contributed by atoms with E-state index in [4.69, 9.17) is 21.3 Å². The van der Waals surface area contributed by atoms with Crippen LogP contribution in [0.5, 0.6) is 0 Å². The smallest absolute Gasteiger partial charge is 0.323 e. The molecule has 0 radical (unpaired) electrons. The number of anilines is 2. The van der Waals surface area contributed by atoms with Crippen molar-refractivity contribution in [3.8, 4) is 0 Å². The van der Waals surface area contributed by atoms with Crippen molar-refractivity contribution in [2.75, 3.05) is 11.5 Å². The highest BCUT2D eigenvalue weighted by atomic mass is 31.2. The van der Waals surface area contributed by atoms with Gasteiger partial charge < -0.3 is 21.3 Å². The topological polar surface area (TPSA) is 136 Å². The normalized spacial score (nSPS) is 13.1. The number of benzene rings is 2. The predicted molar refractivity (Wildman–Crippen MR) is 94.2 cm³/mol. The minimum Gasteiger partial charge on any atom is -0.399 e. The van der Waals surface area contributed by atoms with Gasteiger partial charge in [-0.3, -0.25) is 9.13 Å². The Morgan fingerprint density at radius 1 is 0.739 bits per heavy atom. The maximum Gasteiger partial charge on any atom is 0.323 e. The third-order valence-electron chi connectivity index (χ3n) is 2.52. The third-order valence-corrected chi connectivity index (χ3v) is 3.91. The molecular formula is C14H18N2O5P2. The highest BCUT2D eigenvalue weighted by molar-refractivity contribution is 7.46. The highest BCUT2D eigenvalue weighted by Crippen LogP contribution is 2.30. The lowest BCUT2D eigenvalue weighted by Crippen LogP contribution is -1.83. The van der Waals surface area contributed by atoms with Crippen molar-refractivity contribution in [3.63, 3.8) is 0 Å². The molecule has 2 aromatic rings. The summed E-state index contributed by atoms with van der Waals surface area (Å²) in [6.07, 6.45) is 4.09. The van der Waals surface area contributed by atoms with Crippen molar-refractivity contribution in [2.24, 2.45) is 0 Å². The van der Waals surface area contributed by atoms with Gasteiger partial charge in [0.2, 0.25) is 0 Å². The van der Waals surface area contributed by atoms with Crippen LogP contribution in [0.25, 0.3) is 12.2 Å². The maximum atomic E-state index is 9.44. The molecule has 2 rings (SSSR count). The van der Waals surface area contributed by atoms with E-state index in [0.29, 0.717) is 0 Å². The molecule has 0 aliphatic rings. The zero-order chi connectivity index (χ0) is 17.2. The molecule has 2 unspecified atom stereocenters. The lowest BCUT2D eigenvalue weighted by Gasteiger charge is -1.96. The van der Waals surface area contributed by atoms with Gasteiger partial charge in [-0.25, -0.2) is 4.31 Å². The van der Waals surface area contributed by atoms with E-state index in [1.807, 2.05) is 60.7 Å². The average molecular weight is 356 g/mol. The largest absolute Gasteiger partial charge is 0.399 e. The highest BCUT2D eigenvalue weighted by Gasteiger charge is 1.93. The van der Waals surface area contributed by atoms with E-state index < -0.39 is 16.5 Å². The molecule has 6 N–H and O–H groups in total. The Hall–Kier alpha value is -1.88. The molecule has 2 atom stereocenters. The van der Waals surface area contributed by atoms with Crippen LogP contribution in [0.1, 0.15) is 11.1 Å². The first kappa shape index (κ1) is 19.2. The molecule has 0 aliphatic heterocycles. The first-order valence-electron chi connectivity index (χ1n) is 6.39. The Morgan fingerprint density at radius 3 is 1.26 bits per heavy atom. The molecule has 0 saturated heterocycles. The summed E-state index contributed by atoms with van der Waals surface area (Å²) in [4.78, 5) is 15.4. The summed E-state index contributed by atoms with van der Waals surface area (Å²) in [6.45, 7) is 0. The van der Waals surface area contributed by atoms with Gasteiger partial charge in [-0.15, -0.1) is 0 Å². The Kier molecular flexibility index (Phi) is 8.33. The van der Waals surface area contributed by atoms with Gasteiger partial charge >= 0.3 is 16.5 Å².